The molecular formula is C24H35N3O4S2. The number of piperazine rings is 1. The number of benzene rings is 1. The van der Waals surface area contributed by atoms with Crippen LogP contribution in [0.1, 0.15) is 33.3 Å². The first-order valence-electron chi connectivity index (χ1n) is 11.5. The van der Waals surface area contributed by atoms with E-state index in [0.29, 0.717) is 30.5 Å². The van der Waals surface area contributed by atoms with Crippen molar-refractivity contribution in [1.82, 2.24) is 9.21 Å². The summed E-state index contributed by atoms with van der Waals surface area (Å²) in [5, 5.41) is 12.1. The van der Waals surface area contributed by atoms with Crippen LogP contribution in [0.5, 0.6) is 0 Å². The van der Waals surface area contributed by atoms with Crippen LogP contribution in [0.25, 0.3) is 0 Å². The van der Waals surface area contributed by atoms with Gasteiger partial charge in [-0.15, -0.1) is 11.3 Å². The minimum Gasteiger partial charge on any atom is -0.386 e. The van der Waals surface area contributed by atoms with E-state index in [4.69, 9.17) is 4.74 Å². The molecule has 182 valence electrons. The number of thiophene rings is 1. The van der Waals surface area contributed by atoms with E-state index in [9.17, 15) is 13.5 Å². The number of hydrogen-bond acceptors (Lipinski definition) is 7. The van der Waals surface area contributed by atoms with E-state index in [2.05, 4.69) is 23.6 Å². The van der Waals surface area contributed by atoms with Gasteiger partial charge < -0.3 is 14.7 Å². The summed E-state index contributed by atoms with van der Waals surface area (Å²) < 4.78 is 34.4. The lowest BCUT2D eigenvalue weighted by atomic mass is 9.98. The highest BCUT2D eigenvalue weighted by atomic mass is 32.2. The summed E-state index contributed by atoms with van der Waals surface area (Å²) in [6, 6.07) is 11.5. The molecule has 2 saturated heterocycles. The Labute approximate surface area is 201 Å². The second-order valence-electron chi connectivity index (χ2n) is 10.1. The molecule has 0 radical (unpaired) electrons. The van der Waals surface area contributed by atoms with Crippen molar-refractivity contribution in [2.75, 3.05) is 50.8 Å². The molecule has 0 unspecified atom stereocenters. The first-order chi connectivity index (χ1) is 15.5. The first-order valence-corrected chi connectivity index (χ1v) is 13.8. The summed E-state index contributed by atoms with van der Waals surface area (Å²) in [6.45, 7) is 12.3. The largest absolute Gasteiger partial charge is 0.386 e. The maximum absolute atomic E-state index is 13.2. The van der Waals surface area contributed by atoms with E-state index < -0.39 is 15.6 Å². The van der Waals surface area contributed by atoms with Crippen LogP contribution in [0, 0.1) is 0 Å². The van der Waals surface area contributed by atoms with Crippen molar-refractivity contribution in [1.29, 1.82) is 0 Å². The molecule has 1 aromatic heterocycles. The quantitative estimate of drug-likeness (QED) is 0.667. The average molecular weight is 494 g/mol. The number of ether oxygens (including phenoxy) is 1. The molecule has 1 N–H and O–H groups in total. The molecule has 2 aromatic rings. The Morgan fingerprint density at radius 2 is 1.88 bits per heavy atom. The molecule has 4 rings (SSSR count). The van der Waals surface area contributed by atoms with Gasteiger partial charge in [0, 0.05) is 45.0 Å². The SMILES string of the molecule is CC1(C)CN(C[C@@H]2CN(S(=O)(=O)c3cccs3)CCN2c2ccc(C(C)(C)O)cc2)CCO1. The molecule has 0 amide bonds. The minimum atomic E-state index is -3.50. The Hall–Kier alpha value is -1.49. The van der Waals surface area contributed by atoms with Crippen LogP contribution in [0.2, 0.25) is 0 Å². The van der Waals surface area contributed by atoms with E-state index in [-0.39, 0.29) is 11.6 Å². The van der Waals surface area contributed by atoms with Gasteiger partial charge in [0.25, 0.3) is 10.0 Å². The van der Waals surface area contributed by atoms with E-state index in [1.54, 1.807) is 35.7 Å². The second kappa shape index (κ2) is 9.28. The predicted molar refractivity (Wildman–Crippen MR) is 132 cm³/mol. The van der Waals surface area contributed by atoms with Crippen molar-refractivity contribution in [3.63, 3.8) is 0 Å². The van der Waals surface area contributed by atoms with Crippen molar-refractivity contribution >= 4 is 27.0 Å². The molecule has 0 spiro atoms. The fraction of sp³-hybridized carbons (Fsp3) is 0.583. The Morgan fingerprint density at radius 1 is 1.15 bits per heavy atom. The molecule has 33 heavy (non-hydrogen) atoms. The van der Waals surface area contributed by atoms with Gasteiger partial charge >= 0.3 is 0 Å². The number of sulfonamides is 1. The number of nitrogens with zero attached hydrogens (tertiary/aromatic N) is 3. The van der Waals surface area contributed by atoms with Crippen molar-refractivity contribution < 1.29 is 18.3 Å². The second-order valence-corrected chi connectivity index (χ2v) is 13.2. The van der Waals surface area contributed by atoms with Gasteiger partial charge in [-0.3, -0.25) is 4.90 Å². The van der Waals surface area contributed by atoms with Gasteiger partial charge in [0.05, 0.1) is 23.9 Å². The smallest absolute Gasteiger partial charge is 0.252 e. The summed E-state index contributed by atoms with van der Waals surface area (Å²) >= 11 is 1.27. The fourth-order valence-corrected chi connectivity index (χ4v) is 7.32. The summed E-state index contributed by atoms with van der Waals surface area (Å²) in [5.74, 6) is 0. The molecule has 7 nitrogen and oxygen atoms in total. The van der Waals surface area contributed by atoms with Gasteiger partial charge in [-0.05, 0) is 56.8 Å². The third kappa shape index (κ3) is 5.61. The zero-order valence-electron chi connectivity index (χ0n) is 19.9. The van der Waals surface area contributed by atoms with Crippen LogP contribution >= 0.6 is 11.3 Å². The van der Waals surface area contributed by atoms with Crippen LogP contribution in [-0.2, 0) is 20.4 Å². The van der Waals surface area contributed by atoms with E-state index in [1.807, 2.05) is 24.3 Å². The van der Waals surface area contributed by atoms with Gasteiger partial charge in [-0.25, -0.2) is 8.42 Å². The molecule has 0 saturated carbocycles. The molecule has 2 aliphatic rings. The molecule has 0 aliphatic carbocycles. The summed E-state index contributed by atoms with van der Waals surface area (Å²) in [7, 11) is -3.50. The summed E-state index contributed by atoms with van der Waals surface area (Å²) in [4.78, 5) is 4.70. The van der Waals surface area contributed by atoms with Gasteiger partial charge in [-0.1, -0.05) is 18.2 Å². The van der Waals surface area contributed by atoms with Gasteiger partial charge in [0.2, 0.25) is 0 Å². The highest BCUT2D eigenvalue weighted by molar-refractivity contribution is 7.91. The highest BCUT2D eigenvalue weighted by Gasteiger charge is 2.37. The first kappa shape index (κ1) is 24.6. The summed E-state index contributed by atoms with van der Waals surface area (Å²) in [6.07, 6.45) is 0. The summed E-state index contributed by atoms with van der Waals surface area (Å²) in [5.41, 5.74) is 0.796. The molecule has 0 bridgehead atoms. The van der Waals surface area contributed by atoms with Crippen molar-refractivity contribution in [3.8, 4) is 0 Å². The Morgan fingerprint density at radius 3 is 2.48 bits per heavy atom. The third-order valence-electron chi connectivity index (χ3n) is 6.41. The van der Waals surface area contributed by atoms with Crippen LogP contribution in [0.15, 0.2) is 46.0 Å². The molecular weight excluding hydrogens is 458 g/mol. The normalized spacial score (nSPS) is 23.1. The predicted octanol–water partition coefficient (Wildman–Crippen LogP) is 2.97. The van der Waals surface area contributed by atoms with Gasteiger partial charge in [0.1, 0.15) is 4.21 Å². The lowest BCUT2D eigenvalue weighted by Crippen LogP contribution is -2.60. The highest BCUT2D eigenvalue weighted by Crippen LogP contribution is 2.29. The van der Waals surface area contributed by atoms with E-state index in [0.717, 1.165) is 30.9 Å². The minimum absolute atomic E-state index is 0.00961. The van der Waals surface area contributed by atoms with Crippen LogP contribution in [-0.4, -0.2) is 80.2 Å². The molecule has 1 atom stereocenters. The monoisotopic (exact) mass is 493 g/mol. The zero-order valence-corrected chi connectivity index (χ0v) is 21.5. The number of aliphatic hydroxyl groups is 1. The molecule has 2 aliphatic heterocycles. The van der Waals surface area contributed by atoms with Crippen LogP contribution in [0.4, 0.5) is 5.69 Å². The molecule has 9 heteroatoms. The third-order valence-corrected chi connectivity index (χ3v) is 9.65. The maximum atomic E-state index is 13.2. The maximum Gasteiger partial charge on any atom is 0.252 e. The number of anilines is 1. The van der Waals surface area contributed by atoms with Crippen molar-refractivity contribution in [3.05, 3.63) is 47.3 Å². The van der Waals surface area contributed by atoms with Crippen LogP contribution < -0.4 is 4.90 Å². The van der Waals surface area contributed by atoms with Crippen LogP contribution in [0.3, 0.4) is 0 Å². The number of morpholine rings is 1. The average Bonchev–Trinajstić information content (AvgIpc) is 3.28. The fourth-order valence-electron chi connectivity index (χ4n) is 4.71. The molecule has 3 heterocycles. The lowest BCUT2D eigenvalue weighted by molar-refractivity contribution is -0.0874. The Balaban J connectivity index is 1.59. The van der Waals surface area contributed by atoms with E-state index >= 15 is 0 Å². The lowest BCUT2D eigenvalue weighted by Gasteiger charge is -2.46. The van der Waals surface area contributed by atoms with Gasteiger partial charge in [0.15, 0.2) is 0 Å². The number of rotatable bonds is 6. The molecule has 1 aromatic carbocycles. The standard InChI is InChI=1S/C24H35N3O4S2/c1-23(2)18-25(13-14-31-23)16-21-17-26(33(29,30)22-6-5-15-32-22)11-12-27(21)20-9-7-19(8-10-20)24(3,4)28/h5-10,15,21,28H,11-14,16-18H2,1-4H3/t21-/m1/s1. The topological polar surface area (TPSA) is 73.3 Å². The zero-order chi connectivity index (χ0) is 23.9. The van der Waals surface area contributed by atoms with Crippen molar-refractivity contribution in [2.45, 2.75) is 49.1 Å². The Kier molecular flexibility index (Phi) is 6.93. The number of hydrogen-bond donors (Lipinski definition) is 1. The van der Waals surface area contributed by atoms with Gasteiger partial charge in [-0.2, -0.15) is 4.31 Å². The van der Waals surface area contributed by atoms with Crippen molar-refractivity contribution in [2.24, 2.45) is 0 Å². The molecule has 2 fully saturated rings. The van der Waals surface area contributed by atoms with E-state index in [1.165, 1.54) is 11.3 Å². The Bertz CT molecular complexity index is 1030.